The van der Waals surface area contributed by atoms with Crippen molar-refractivity contribution >= 4 is 0 Å². The largest absolute Gasteiger partial charge is 0.490 e. The maximum atomic E-state index is 8.77. The first-order valence-electron chi connectivity index (χ1n) is 9.24. The lowest BCUT2D eigenvalue weighted by atomic mass is 10.1. The van der Waals surface area contributed by atoms with E-state index in [1.807, 2.05) is 67.6 Å². The zero-order valence-electron chi connectivity index (χ0n) is 16.2. The van der Waals surface area contributed by atoms with Crippen molar-refractivity contribution in [2.24, 2.45) is 0 Å². The third kappa shape index (κ3) is 6.15. The number of aromatic nitrogens is 1. The Morgan fingerprint density at radius 1 is 0.862 bits per heavy atom. The van der Waals surface area contributed by atoms with Crippen molar-refractivity contribution in [2.75, 3.05) is 19.8 Å². The van der Waals surface area contributed by atoms with Gasteiger partial charge in [-0.2, -0.15) is 5.26 Å². The Bertz CT molecular complexity index is 955. The normalized spacial score (nSPS) is 10.1. The van der Waals surface area contributed by atoms with Crippen LogP contribution in [0.1, 0.15) is 11.1 Å². The summed E-state index contributed by atoms with van der Waals surface area (Å²) >= 11 is 0. The molecular formula is C23H22N2O4. The molecule has 29 heavy (non-hydrogen) atoms. The summed E-state index contributed by atoms with van der Waals surface area (Å²) in [5.41, 5.74) is 1.85. The number of hydrogen-bond donors (Lipinski definition) is 0. The van der Waals surface area contributed by atoms with E-state index < -0.39 is 0 Å². The standard InChI is InChI=1S/C23H22N2O4/c1-18-6-4-7-19(23(18)28-13-11-24)17-29-21-9-5-8-20(16-21)26-14-15-27-22-10-2-3-12-25-22/h2-10,12,16H,13-15,17H2,1H3. The lowest BCUT2D eigenvalue weighted by Gasteiger charge is -2.14. The molecule has 0 aliphatic carbocycles. The minimum absolute atomic E-state index is 0.00174. The molecule has 0 fully saturated rings. The average Bonchev–Trinajstić information content (AvgIpc) is 2.76. The first-order valence-corrected chi connectivity index (χ1v) is 9.24. The molecule has 0 saturated heterocycles. The van der Waals surface area contributed by atoms with Crippen LogP contribution < -0.4 is 18.9 Å². The fourth-order valence-corrected chi connectivity index (χ4v) is 2.69. The molecule has 0 N–H and O–H groups in total. The van der Waals surface area contributed by atoms with E-state index in [0.717, 1.165) is 11.1 Å². The predicted molar refractivity (Wildman–Crippen MR) is 108 cm³/mol. The Morgan fingerprint density at radius 3 is 2.45 bits per heavy atom. The summed E-state index contributed by atoms with van der Waals surface area (Å²) in [6, 6.07) is 20.7. The molecule has 0 spiro atoms. The number of nitrogens with zero attached hydrogens (tertiary/aromatic N) is 2. The Morgan fingerprint density at radius 2 is 1.66 bits per heavy atom. The molecule has 0 bridgehead atoms. The minimum Gasteiger partial charge on any atom is -0.490 e. The van der Waals surface area contributed by atoms with Gasteiger partial charge in [0.25, 0.3) is 0 Å². The highest BCUT2D eigenvalue weighted by atomic mass is 16.5. The zero-order valence-corrected chi connectivity index (χ0v) is 16.2. The van der Waals surface area contributed by atoms with Gasteiger partial charge in [0, 0.05) is 23.9 Å². The highest BCUT2D eigenvalue weighted by Crippen LogP contribution is 2.26. The highest BCUT2D eigenvalue weighted by molar-refractivity contribution is 5.41. The van der Waals surface area contributed by atoms with Gasteiger partial charge < -0.3 is 18.9 Å². The molecule has 0 amide bonds. The van der Waals surface area contributed by atoms with Gasteiger partial charge in [0.05, 0.1) is 0 Å². The van der Waals surface area contributed by atoms with Crippen molar-refractivity contribution in [3.63, 3.8) is 0 Å². The van der Waals surface area contributed by atoms with Gasteiger partial charge in [-0.15, -0.1) is 0 Å². The molecule has 3 aromatic rings. The van der Waals surface area contributed by atoms with Gasteiger partial charge in [-0.1, -0.05) is 30.3 Å². The average molecular weight is 390 g/mol. The molecule has 1 aromatic heterocycles. The molecule has 3 rings (SSSR count). The van der Waals surface area contributed by atoms with Crippen molar-refractivity contribution < 1.29 is 18.9 Å². The maximum Gasteiger partial charge on any atom is 0.213 e. The summed E-state index contributed by atoms with van der Waals surface area (Å²) in [7, 11) is 0. The van der Waals surface area contributed by atoms with Crippen molar-refractivity contribution in [3.8, 4) is 29.2 Å². The monoisotopic (exact) mass is 390 g/mol. The lowest BCUT2D eigenvalue weighted by molar-refractivity contribution is 0.211. The summed E-state index contributed by atoms with van der Waals surface area (Å²) in [4.78, 5) is 4.10. The molecule has 6 nitrogen and oxygen atoms in total. The number of nitriles is 1. The van der Waals surface area contributed by atoms with Gasteiger partial charge >= 0.3 is 0 Å². The van der Waals surface area contributed by atoms with Gasteiger partial charge in [-0.3, -0.25) is 0 Å². The van der Waals surface area contributed by atoms with Gasteiger partial charge in [0.15, 0.2) is 6.61 Å². The summed E-state index contributed by atoms with van der Waals surface area (Å²) in [5.74, 6) is 2.63. The molecule has 0 aliphatic rings. The molecule has 0 unspecified atom stereocenters. The third-order valence-electron chi connectivity index (χ3n) is 4.01. The van der Waals surface area contributed by atoms with Crippen LogP contribution in [-0.4, -0.2) is 24.8 Å². The third-order valence-corrected chi connectivity index (χ3v) is 4.01. The summed E-state index contributed by atoms with van der Waals surface area (Å²) in [5, 5.41) is 8.77. The fraction of sp³-hybridized carbons (Fsp3) is 0.217. The number of pyridine rings is 1. The first kappa shape index (κ1) is 20.0. The number of ether oxygens (including phenoxy) is 4. The van der Waals surface area contributed by atoms with Crippen LogP contribution in [0.15, 0.2) is 66.9 Å². The molecule has 6 heteroatoms. The topological polar surface area (TPSA) is 73.6 Å². The van der Waals surface area contributed by atoms with Crippen LogP contribution in [-0.2, 0) is 6.61 Å². The van der Waals surface area contributed by atoms with Crippen molar-refractivity contribution in [1.29, 1.82) is 5.26 Å². The van der Waals surface area contributed by atoms with E-state index in [1.165, 1.54) is 0 Å². The number of hydrogen-bond acceptors (Lipinski definition) is 6. The quantitative estimate of drug-likeness (QED) is 0.480. The van der Waals surface area contributed by atoms with Crippen LogP contribution in [0.3, 0.4) is 0 Å². The van der Waals surface area contributed by atoms with Gasteiger partial charge in [0.1, 0.15) is 43.1 Å². The van der Waals surface area contributed by atoms with Gasteiger partial charge in [-0.05, 0) is 30.7 Å². The van der Waals surface area contributed by atoms with E-state index in [2.05, 4.69) is 4.98 Å². The smallest absolute Gasteiger partial charge is 0.213 e. The van der Waals surface area contributed by atoms with Crippen LogP contribution >= 0.6 is 0 Å². The second-order valence-electron chi connectivity index (χ2n) is 6.14. The number of aryl methyl sites for hydroxylation is 1. The van der Waals surface area contributed by atoms with Gasteiger partial charge in [0.2, 0.25) is 5.88 Å². The molecule has 2 aromatic carbocycles. The Balaban J connectivity index is 1.52. The first-order chi connectivity index (χ1) is 14.3. The summed E-state index contributed by atoms with van der Waals surface area (Å²) < 4.78 is 22.7. The van der Waals surface area contributed by atoms with E-state index >= 15 is 0 Å². The molecule has 1 heterocycles. The Kier molecular flexibility index (Phi) is 7.30. The summed E-state index contributed by atoms with van der Waals surface area (Å²) in [6.07, 6.45) is 1.68. The van der Waals surface area contributed by atoms with Crippen LogP contribution in [0.2, 0.25) is 0 Å². The Hall–Kier alpha value is -3.72. The molecular weight excluding hydrogens is 368 g/mol. The van der Waals surface area contributed by atoms with E-state index in [-0.39, 0.29) is 6.61 Å². The summed E-state index contributed by atoms with van der Waals surface area (Å²) in [6.45, 7) is 3.06. The molecule has 0 radical (unpaired) electrons. The van der Waals surface area contributed by atoms with Gasteiger partial charge in [-0.25, -0.2) is 4.98 Å². The van der Waals surface area contributed by atoms with Crippen LogP contribution in [0.4, 0.5) is 0 Å². The second-order valence-corrected chi connectivity index (χ2v) is 6.14. The SMILES string of the molecule is Cc1cccc(COc2cccc(OCCOc3ccccn3)c2)c1OCC#N. The maximum absolute atomic E-state index is 8.77. The van der Waals surface area contributed by atoms with Crippen molar-refractivity contribution in [3.05, 3.63) is 78.0 Å². The zero-order chi connectivity index (χ0) is 20.3. The number of para-hydroxylation sites is 1. The fourth-order valence-electron chi connectivity index (χ4n) is 2.69. The molecule has 0 saturated carbocycles. The predicted octanol–water partition coefficient (Wildman–Crippen LogP) is 4.33. The highest BCUT2D eigenvalue weighted by Gasteiger charge is 2.08. The second kappa shape index (κ2) is 10.6. The molecule has 0 atom stereocenters. The van der Waals surface area contributed by atoms with E-state index in [0.29, 0.717) is 42.9 Å². The van der Waals surface area contributed by atoms with E-state index in [9.17, 15) is 0 Å². The number of benzene rings is 2. The Labute approximate surface area is 170 Å². The molecule has 148 valence electrons. The van der Waals surface area contributed by atoms with Crippen LogP contribution in [0.25, 0.3) is 0 Å². The van der Waals surface area contributed by atoms with Crippen molar-refractivity contribution in [1.82, 2.24) is 4.98 Å². The van der Waals surface area contributed by atoms with Crippen molar-refractivity contribution in [2.45, 2.75) is 13.5 Å². The minimum atomic E-state index is 0.00174. The number of rotatable bonds is 10. The lowest BCUT2D eigenvalue weighted by Crippen LogP contribution is -2.09. The van der Waals surface area contributed by atoms with E-state index in [4.69, 9.17) is 24.2 Å². The van der Waals surface area contributed by atoms with E-state index in [1.54, 1.807) is 12.3 Å². The molecule has 0 aliphatic heterocycles. The van der Waals surface area contributed by atoms with Crippen LogP contribution in [0, 0.1) is 18.3 Å². The van der Waals surface area contributed by atoms with Crippen LogP contribution in [0.5, 0.6) is 23.1 Å².